The molecule has 140 valence electrons. The summed E-state index contributed by atoms with van der Waals surface area (Å²) in [6.07, 6.45) is 0.830. The minimum absolute atomic E-state index is 0.103. The van der Waals surface area contributed by atoms with Gasteiger partial charge in [0.25, 0.3) is 5.56 Å². The molecule has 27 heavy (non-hydrogen) atoms. The highest BCUT2D eigenvalue weighted by atomic mass is 16.2. The van der Waals surface area contributed by atoms with Crippen LogP contribution in [0.3, 0.4) is 0 Å². The number of rotatable bonds is 6. The number of nitrogens with zero attached hydrogens (tertiary/aromatic N) is 4. The number of carbonyl (C=O) groups excluding carboxylic acids is 1. The van der Waals surface area contributed by atoms with Crippen LogP contribution in [-0.4, -0.2) is 31.8 Å². The van der Waals surface area contributed by atoms with Gasteiger partial charge in [0.1, 0.15) is 6.54 Å². The van der Waals surface area contributed by atoms with Gasteiger partial charge in [-0.25, -0.2) is 9.67 Å². The van der Waals surface area contributed by atoms with Crippen molar-refractivity contribution in [1.82, 2.24) is 24.6 Å². The molecule has 0 bridgehead atoms. The summed E-state index contributed by atoms with van der Waals surface area (Å²) in [5.41, 5.74) is 2.74. The molecular formula is C20H23N5O2. The van der Waals surface area contributed by atoms with Gasteiger partial charge in [-0.15, -0.1) is 0 Å². The zero-order chi connectivity index (χ0) is 19.4. The maximum absolute atomic E-state index is 12.8. The Balaban J connectivity index is 2.13. The van der Waals surface area contributed by atoms with Gasteiger partial charge in [0.15, 0.2) is 0 Å². The summed E-state index contributed by atoms with van der Waals surface area (Å²) in [6, 6.07) is 12.8. The van der Waals surface area contributed by atoms with Crippen LogP contribution in [-0.2, 0) is 11.3 Å². The lowest BCUT2D eigenvalue weighted by Gasteiger charge is -2.14. The minimum atomic E-state index is -0.293. The molecule has 0 fully saturated rings. The predicted octanol–water partition coefficient (Wildman–Crippen LogP) is 2.24. The van der Waals surface area contributed by atoms with Crippen molar-refractivity contribution in [2.24, 2.45) is 0 Å². The lowest BCUT2D eigenvalue weighted by atomic mass is 10.1. The fourth-order valence-electron chi connectivity index (χ4n) is 2.86. The predicted molar refractivity (Wildman–Crippen MR) is 104 cm³/mol. The maximum Gasteiger partial charge on any atom is 0.256 e. The van der Waals surface area contributed by atoms with E-state index >= 15 is 0 Å². The van der Waals surface area contributed by atoms with E-state index in [1.807, 2.05) is 57.2 Å². The highest BCUT2D eigenvalue weighted by molar-refractivity contribution is 5.76. The number of benzene rings is 1. The topological polar surface area (TPSA) is 81.8 Å². The number of amides is 1. The smallest absolute Gasteiger partial charge is 0.256 e. The lowest BCUT2D eigenvalue weighted by molar-refractivity contribution is -0.121. The molecule has 7 heteroatoms. The molecule has 0 saturated carbocycles. The van der Waals surface area contributed by atoms with Gasteiger partial charge in [0.2, 0.25) is 11.9 Å². The Kier molecular flexibility index (Phi) is 5.49. The maximum atomic E-state index is 12.8. The van der Waals surface area contributed by atoms with Gasteiger partial charge in [-0.1, -0.05) is 37.3 Å². The molecule has 2 aromatic heterocycles. The van der Waals surface area contributed by atoms with E-state index in [1.165, 1.54) is 10.6 Å². The van der Waals surface area contributed by atoms with Crippen LogP contribution in [0.1, 0.15) is 24.7 Å². The van der Waals surface area contributed by atoms with Crippen LogP contribution >= 0.6 is 0 Å². The van der Waals surface area contributed by atoms with Crippen molar-refractivity contribution in [2.45, 2.75) is 33.7 Å². The molecule has 3 aromatic rings. The van der Waals surface area contributed by atoms with Gasteiger partial charge in [-0.05, 0) is 26.3 Å². The SMILES string of the molecule is CCCNC(=O)Cn1c(-n2nc(C)cc2C)nc(-c2ccccc2)cc1=O. The number of nitrogens with one attached hydrogen (secondary N) is 1. The Morgan fingerprint density at radius 3 is 2.52 bits per heavy atom. The minimum Gasteiger partial charge on any atom is -0.355 e. The summed E-state index contributed by atoms with van der Waals surface area (Å²) in [6.45, 7) is 6.21. The number of carbonyl (C=O) groups is 1. The summed E-state index contributed by atoms with van der Waals surface area (Å²) in [5.74, 6) is 0.106. The quantitative estimate of drug-likeness (QED) is 0.726. The fourth-order valence-corrected chi connectivity index (χ4v) is 2.86. The standard InChI is InChI=1S/C20H23N5O2/c1-4-10-21-18(26)13-24-19(27)12-17(16-8-6-5-7-9-16)22-20(24)25-15(3)11-14(2)23-25/h5-9,11-12H,4,10,13H2,1-3H3,(H,21,26). The van der Waals surface area contributed by atoms with E-state index in [1.54, 1.807) is 4.68 Å². The summed E-state index contributed by atoms with van der Waals surface area (Å²) in [5, 5.41) is 7.25. The molecule has 3 rings (SSSR count). The summed E-state index contributed by atoms with van der Waals surface area (Å²) >= 11 is 0. The molecule has 0 aliphatic heterocycles. The molecule has 0 unspecified atom stereocenters. The second kappa shape index (κ2) is 7.99. The Morgan fingerprint density at radius 1 is 1.15 bits per heavy atom. The Labute approximate surface area is 157 Å². The molecule has 0 aliphatic carbocycles. The second-order valence-electron chi connectivity index (χ2n) is 6.42. The number of aromatic nitrogens is 4. The van der Waals surface area contributed by atoms with E-state index < -0.39 is 0 Å². The lowest BCUT2D eigenvalue weighted by Crippen LogP contribution is -2.35. The molecule has 2 heterocycles. The Hall–Kier alpha value is -3.22. The molecule has 7 nitrogen and oxygen atoms in total. The molecule has 1 N–H and O–H groups in total. The molecule has 1 aromatic carbocycles. The summed E-state index contributed by atoms with van der Waals surface area (Å²) in [4.78, 5) is 29.7. The van der Waals surface area contributed by atoms with Crippen LogP contribution in [0.2, 0.25) is 0 Å². The molecule has 0 spiro atoms. The van der Waals surface area contributed by atoms with Crippen molar-refractivity contribution in [3.05, 3.63) is 64.2 Å². The molecule has 0 atom stereocenters. The zero-order valence-corrected chi connectivity index (χ0v) is 15.8. The van der Waals surface area contributed by atoms with Crippen molar-refractivity contribution in [3.8, 4) is 17.2 Å². The van der Waals surface area contributed by atoms with Crippen LogP contribution < -0.4 is 10.9 Å². The van der Waals surface area contributed by atoms with Crippen LogP contribution in [0, 0.1) is 13.8 Å². The molecule has 0 radical (unpaired) electrons. The fraction of sp³-hybridized carbons (Fsp3) is 0.300. The number of hydrogen-bond acceptors (Lipinski definition) is 4. The Bertz CT molecular complexity index is 1000. The summed E-state index contributed by atoms with van der Waals surface area (Å²) < 4.78 is 2.97. The third kappa shape index (κ3) is 4.13. The zero-order valence-electron chi connectivity index (χ0n) is 15.8. The van der Waals surface area contributed by atoms with Crippen molar-refractivity contribution in [3.63, 3.8) is 0 Å². The highest BCUT2D eigenvalue weighted by Crippen LogP contribution is 2.17. The molecule has 0 aliphatic rings. The van der Waals surface area contributed by atoms with E-state index in [0.29, 0.717) is 18.2 Å². The van der Waals surface area contributed by atoms with Crippen LogP contribution in [0.15, 0.2) is 47.3 Å². The highest BCUT2D eigenvalue weighted by Gasteiger charge is 2.17. The van der Waals surface area contributed by atoms with Crippen molar-refractivity contribution in [2.75, 3.05) is 6.54 Å². The van der Waals surface area contributed by atoms with Crippen molar-refractivity contribution in [1.29, 1.82) is 0 Å². The van der Waals surface area contributed by atoms with Gasteiger partial charge < -0.3 is 5.32 Å². The van der Waals surface area contributed by atoms with Crippen molar-refractivity contribution >= 4 is 5.91 Å². The first-order valence-electron chi connectivity index (χ1n) is 8.97. The van der Waals surface area contributed by atoms with Crippen LogP contribution in [0.5, 0.6) is 0 Å². The van der Waals surface area contributed by atoms with Gasteiger partial charge in [-0.3, -0.25) is 14.2 Å². The van der Waals surface area contributed by atoms with E-state index in [2.05, 4.69) is 15.4 Å². The first kappa shape index (κ1) is 18.6. The number of aryl methyl sites for hydroxylation is 2. The second-order valence-corrected chi connectivity index (χ2v) is 6.42. The van der Waals surface area contributed by atoms with Gasteiger partial charge in [0, 0.05) is 23.9 Å². The average Bonchev–Trinajstić information content (AvgIpc) is 3.00. The first-order chi connectivity index (χ1) is 13.0. The third-order valence-corrected chi connectivity index (χ3v) is 4.13. The van der Waals surface area contributed by atoms with Crippen molar-refractivity contribution < 1.29 is 4.79 Å². The van der Waals surface area contributed by atoms with E-state index in [9.17, 15) is 9.59 Å². The molecule has 0 saturated heterocycles. The van der Waals surface area contributed by atoms with Crippen LogP contribution in [0.25, 0.3) is 17.2 Å². The van der Waals surface area contributed by atoms with Crippen LogP contribution in [0.4, 0.5) is 0 Å². The molecule has 1 amide bonds. The Morgan fingerprint density at radius 2 is 1.89 bits per heavy atom. The van der Waals surface area contributed by atoms with E-state index in [0.717, 1.165) is 23.4 Å². The third-order valence-electron chi connectivity index (χ3n) is 4.13. The van der Waals surface area contributed by atoms with Gasteiger partial charge in [0.05, 0.1) is 11.4 Å². The van der Waals surface area contributed by atoms with E-state index in [4.69, 9.17) is 0 Å². The molecular weight excluding hydrogens is 342 g/mol. The monoisotopic (exact) mass is 365 g/mol. The number of hydrogen-bond donors (Lipinski definition) is 1. The first-order valence-corrected chi connectivity index (χ1v) is 8.97. The van der Waals surface area contributed by atoms with E-state index in [-0.39, 0.29) is 18.0 Å². The average molecular weight is 365 g/mol. The largest absolute Gasteiger partial charge is 0.355 e. The van der Waals surface area contributed by atoms with Gasteiger partial charge in [-0.2, -0.15) is 5.10 Å². The summed E-state index contributed by atoms with van der Waals surface area (Å²) in [7, 11) is 0. The van der Waals surface area contributed by atoms with Gasteiger partial charge >= 0.3 is 0 Å². The normalized spacial score (nSPS) is 10.8.